The molecule has 2 aromatic rings. The minimum Gasteiger partial charge on any atom is -0.350 e. The summed E-state index contributed by atoms with van der Waals surface area (Å²) in [5.74, 6) is 1.00. The largest absolute Gasteiger partial charge is 0.350 e. The molecule has 0 saturated carbocycles. The van der Waals surface area contributed by atoms with E-state index in [1.165, 1.54) is 41.5 Å². The lowest BCUT2D eigenvalue weighted by atomic mass is 10.3. The maximum Gasteiger partial charge on any atom is 0.252 e. The first-order chi connectivity index (χ1) is 11.4. The van der Waals surface area contributed by atoms with Crippen LogP contribution in [0.1, 0.15) is 10.4 Å². The zero-order valence-electron chi connectivity index (χ0n) is 13.4. The number of rotatable bonds is 8. The first-order valence-electron chi connectivity index (χ1n) is 7.14. The van der Waals surface area contributed by atoms with Crippen molar-refractivity contribution in [1.82, 2.24) is 14.6 Å². The summed E-state index contributed by atoms with van der Waals surface area (Å²) in [4.78, 5) is 16.7. The van der Waals surface area contributed by atoms with E-state index in [0.717, 1.165) is 16.2 Å². The molecule has 6 nitrogen and oxygen atoms in total. The highest BCUT2D eigenvalue weighted by Gasteiger charge is 2.19. The van der Waals surface area contributed by atoms with E-state index >= 15 is 0 Å². The summed E-state index contributed by atoms with van der Waals surface area (Å²) < 4.78 is 25.5. The number of sulfonamides is 1. The lowest BCUT2D eigenvalue weighted by Crippen LogP contribution is -2.24. The van der Waals surface area contributed by atoms with Crippen LogP contribution in [0.4, 0.5) is 0 Å². The molecule has 1 amide bonds. The molecule has 2 aromatic heterocycles. The van der Waals surface area contributed by atoms with Gasteiger partial charge in [-0.25, -0.2) is 12.7 Å². The zero-order chi connectivity index (χ0) is 17.6. The highest BCUT2D eigenvalue weighted by atomic mass is 32.2. The number of nitrogens with zero attached hydrogens (tertiary/aromatic N) is 2. The number of carbonyl (C=O) groups is 1. The zero-order valence-corrected chi connectivity index (χ0v) is 15.9. The maximum absolute atomic E-state index is 12.0. The van der Waals surface area contributed by atoms with Crippen LogP contribution in [-0.4, -0.2) is 43.5 Å². The third kappa shape index (κ3) is 5.30. The van der Waals surface area contributed by atoms with Crippen LogP contribution in [0.5, 0.6) is 0 Å². The standard InChI is InChI=1S/C15H19N3O3S3/c1-18(2)24(20,21)15-6-5-13(23-15)9-17-14(19)11-22-10-12-4-3-7-16-8-12/h3-8H,9-11H2,1-2H3,(H,17,19). The van der Waals surface area contributed by atoms with E-state index in [2.05, 4.69) is 10.3 Å². The van der Waals surface area contributed by atoms with Crippen molar-refractivity contribution in [3.8, 4) is 0 Å². The molecule has 0 aliphatic carbocycles. The van der Waals surface area contributed by atoms with E-state index in [-0.39, 0.29) is 10.1 Å². The van der Waals surface area contributed by atoms with Crippen LogP contribution < -0.4 is 5.32 Å². The molecule has 0 bridgehead atoms. The Morgan fingerprint density at radius 1 is 1.33 bits per heavy atom. The Hall–Kier alpha value is -1.42. The molecule has 0 spiro atoms. The predicted molar refractivity (Wildman–Crippen MR) is 97.4 cm³/mol. The van der Waals surface area contributed by atoms with E-state index in [9.17, 15) is 13.2 Å². The fourth-order valence-corrected chi connectivity index (χ4v) is 5.01. The van der Waals surface area contributed by atoms with E-state index in [4.69, 9.17) is 0 Å². The van der Waals surface area contributed by atoms with Gasteiger partial charge in [0.25, 0.3) is 10.0 Å². The molecule has 0 fully saturated rings. The molecular weight excluding hydrogens is 366 g/mol. The van der Waals surface area contributed by atoms with E-state index in [1.54, 1.807) is 24.5 Å². The molecule has 0 radical (unpaired) electrons. The van der Waals surface area contributed by atoms with Crippen LogP contribution in [0, 0.1) is 0 Å². The predicted octanol–water partition coefficient (Wildman–Crippen LogP) is 1.94. The van der Waals surface area contributed by atoms with Crippen molar-refractivity contribution >= 4 is 39.0 Å². The van der Waals surface area contributed by atoms with Crippen LogP contribution in [0.25, 0.3) is 0 Å². The summed E-state index contributed by atoms with van der Waals surface area (Å²) in [6, 6.07) is 7.13. The van der Waals surface area contributed by atoms with Crippen molar-refractivity contribution in [1.29, 1.82) is 0 Å². The van der Waals surface area contributed by atoms with Crippen LogP contribution in [0.3, 0.4) is 0 Å². The molecule has 9 heteroatoms. The molecule has 0 unspecified atom stereocenters. The minimum absolute atomic E-state index is 0.0747. The van der Waals surface area contributed by atoms with E-state index in [0.29, 0.717) is 12.3 Å². The molecule has 130 valence electrons. The number of nitrogens with one attached hydrogen (secondary N) is 1. The highest BCUT2D eigenvalue weighted by Crippen LogP contribution is 2.23. The Kier molecular flexibility index (Phi) is 6.79. The van der Waals surface area contributed by atoms with Gasteiger partial charge in [-0.15, -0.1) is 23.1 Å². The monoisotopic (exact) mass is 385 g/mol. The van der Waals surface area contributed by atoms with Crippen LogP contribution in [0.2, 0.25) is 0 Å². The quantitative estimate of drug-likeness (QED) is 0.751. The Morgan fingerprint density at radius 2 is 2.12 bits per heavy atom. The molecule has 0 aromatic carbocycles. The fourth-order valence-electron chi connectivity index (χ4n) is 1.75. The SMILES string of the molecule is CN(C)S(=O)(=O)c1ccc(CNC(=O)CSCc2cccnc2)s1. The average molecular weight is 386 g/mol. The number of aromatic nitrogens is 1. The van der Waals surface area contributed by atoms with Gasteiger partial charge in [0, 0.05) is 37.1 Å². The lowest BCUT2D eigenvalue weighted by Gasteiger charge is -2.08. The average Bonchev–Trinajstić information content (AvgIpc) is 3.03. The fraction of sp³-hybridized carbons (Fsp3) is 0.333. The third-order valence-corrected chi connectivity index (χ3v) is 7.43. The van der Waals surface area contributed by atoms with Gasteiger partial charge >= 0.3 is 0 Å². The number of pyridine rings is 1. The third-order valence-electron chi connectivity index (χ3n) is 3.06. The summed E-state index contributed by atoms with van der Waals surface area (Å²) in [6.07, 6.45) is 3.50. The van der Waals surface area contributed by atoms with Crippen molar-refractivity contribution in [3.63, 3.8) is 0 Å². The molecule has 2 rings (SSSR count). The van der Waals surface area contributed by atoms with Crippen molar-refractivity contribution in [2.75, 3.05) is 19.8 Å². The minimum atomic E-state index is -3.41. The van der Waals surface area contributed by atoms with Gasteiger partial charge in [-0.2, -0.15) is 0 Å². The van der Waals surface area contributed by atoms with E-state index in [1.807, 2.05) is 12.1 Å². The second-order valence-corrected chi connectivity index (χ2v) is 9.67. The summed E-state index contributed by atoms with van der Waals surface area (Å²) in [7, 11) is -0.418. The molecule has 2 heterocycles. The van der Waals surface area contributed by atoms with Gasteiger partial charge in [-0.05, 0) is 23.8 Å². The molecule has 0 aliphatic heterocycles. The Balaban J connectivity index is 1.77. The van der Waals surface area contributed by atoms with Crippen LogP contribution in [0.15, 0.2) is 40.9 Å². The van der Waals surface area contributed by atoms with Crippen molar-refractivity contribution < 1.29 is 13.2 Å². The number of amides is 1. The normalized spacial score (nSPS) is 11.6. The van der Waals surface area contributed by atoms with Gasteiger partial charge in [-0.3, -0.25) is 9.78 Å². The lowest BCUT2D eigenvalue weighted by molar-refractivity contribution is -0.118. The Morgan fingerprint density at radius 3 is 2.79 bits per heavy atom. The number of hydrogen-bond donors (Lipinski definition) is 1. The molecule has 24 heavy (non-hydrogen) atoms. The molecule has 0 atom stereocenters. The number of carbonyl (C=O) groups excluding carboxylic acids is 1. The molecule has 0 saturated heterocycles. The van der Waals surface area contributed by atoms with Crippen LogP contribution in [-0.2, 0) is 27.1 Å². The van der Waals surface area contributed by atoms with Crippen LogP contribution >= 0.6 is 23.1 Å². The summed E-state index contributed by atoms with van der Waals surface area (Å²) in [5.41, 5.74) is 1.08. The topological polar surface area (TPSA) is 79.4 Å². The van der Waals surface area contributed by atoms with Gasteiger partial charge in [0.2, 0.25) is 5.91 Å². The Bertz CT molecular complexity index is 774. The van der Waals surface area contributed by atoms with Gasteiger partial charge < -0.3 is 5.32 Å². The number of hydrogen-bond acceptors (Lipinski definition) is 6. The van der Waals surface area contributed by atoms with Crippen molar-refractivity contribution in [2.24, 2.45) is 0 Å². The first-order valence-corrected chi connectivity index (χ1v) is 10.6. The summed E-state index contributed by atoms with van der Waals surface area (Å²) >= 11 is 2.68. The summed E-state index contributed by atoms with van der Waals surface area (Å²) in [5, 5.41) is 2.81. The van der Waals surface area contributed by atoms with Crippen molar-refractivity contribution in [3.05, 3.63) is 47.1 Å². The smallest absolute Gasteiger partial charge is 0.252 e. The molecular formula is C15H19N3O3S3. The van der Waals surface area contributed by atoms with Gasteiger partial charge in [0.1, 0.15) is 4.21 Å². The highest BCUT2D eigenvalue weighted by molar-refractivity contribution is 7.99. The number of thiophene rings is 1. The second kappa shape index (κ2) is 8.61. The van der Waals surface area contributed by atoms with Crippen molar-refractivity contribution in [2.45, 2.75) is 16.5 Å². The molecule has 1 N–H and O–H groups in total. The number of thioether (sulfide) groups is 1. The van der Waals surface area contributed by atoms with Gasteiger partial charge in [0.15, 0.2) is 0 Å². The van der Waals surface area contributed by atoms with Gasteiger partial charge in [0.05, 0.1) is 12.3 Å². The maximum atomic E-state index is 12.0. The van der Waals surface area contributed by atoms with E-state index < -0.39 is 10.0 Å². The molecule has 0 aliphatic rings. The second-order valence-electron chi connectivity index (χ2n) is 5.14. The summed E-state index contributed by atoms with van der Waals surface area (Å²) in [6.45, 7) is 0.333. The Labute approximate surface area is 150 Å². The van der Waals surface area contributed by atoms with Gasteiger partial charge in [-0.1, -0.05) is 6.07 Å². The first kappa shape index (κ1) is 18.9.